The predicted molar refractivity (Wildman–Crippen MR) is 87.9 cm³/mol. The standard InChI is InChI=1S/C17H16N2O4S/c1-17(10-5-3-2-4-6-10)21-9-11-13(23-17)14-15(24-11)19-8-7-12(20)18-16(19)22-14/h2-8,11,13-15H,9H2,1H3/t11-,13+,14-,15-,17?/m0/s1. The zero-order valence-corrected chi connectivity index (χ0v) is 13.8. The van der Waals surface area contributed by atoms with Crippen LogP contribution in [0, 0.1) is 0 Å². The molecule has 4 heterocycles. The highest BCUT2D eigenvalue weighted by molar-refractivity contribution is 8.00. The Labute approximate surface area is 142 Å². The summed E-state index contributed by atoms with van der Waals surface area (Å²) in [6.07, 6.45) is 1.47. The number of thioether (sulfide) groups is 1. The topological polar surface area (TPSA) is 62.6 Å². The van der Waals surface area contributed by atoms with Crippen LogP contribution in [0.15, 0.2) is 47.4 Å². The van der Waals surface area contributed by atoms with E-state index in [0.29, 0.717) is 12.6 Å². The quantitative estimate of drug-likeness (QED) is 0.787. The summed E-state index contributed by atoms with van der Waals surface area (Å²) in [5.74, 6) is -0.794. The number of nitrogens with zero attached hydrogens (tertiary/aromatic N) is 2. The van der Waals surface area contributed by atoms with E-state index in [2.05, 4.69) is 4.98 Å². The summed E-state index contributed by atoms with van der Waals surface area (Å²) >= 11 is 1.76. The fourth-order valence-electron chi connectivity index (χ4n) is 3.56. The van der Waals surface area contributed by atoms with Gasteiger partial charge in [0.25, 0.3) is 5.56 Å². The maximum Gasteiger partial charge on any atom is 0.301 e. The summed E-state index contributed by atoms with van der Waals surface area (Å²) < 4.78 is 20.3. The van der Waals surface area contributed by atoms with Gasteiger partial charge in [0, 0.05) is 17.8 Å². The van der Waals surface area contributed by atoms with Crippen molar-refractivity contribution in [3.05, 3.63) is 58.5 Å². The molecule has 1 aromatic heterocycles. The van der Waals surface area contributed by atoms with Crippen LogP contribution < -0.4 is 10.3 Å². The third kappa shape index (κ3) is 2.05. The Bertz CT molecular complexity index is 842. The third-order valence-corrected chi connectivity index (χ3v) is 6.32. The number of rotatable bonds is 1. The van der Waals surface area contributed by atoms with Crippen molar-refractivity contribution in [2.24, 2.45) is 0 Å². The van der Waals surface area contributed by atoms with E-state index in [0.717, 1.165) is 5.56 Å². The van der Waals surface area contributed by atoms with Crippen molar-refractivity contribution in [2.75, 3.05) is 6.61 Å². The molecule has 1 aromatic carbocycles. The molecule has 0 spiro atoms. The Morgan fingerprint density at radius 2 is 2.08 bits per heavy atom. The van der Waals surface area contributed by atoms with Crippen LogP contribution in [0.4, 0.5) is 0 Å². The second-order valence-corrected chi connectivity index (χ2v) is 7.67. The largest absolute Gasteiger partial charge is 0.455 e. The third-order valence-electron chi connectivity index (χ3n) is 4.79. The molecule has 0 bridgehead atoms. The molecule has 0 saturated carbocycles. The predicted octanol–water partition coefficient (Wildman–Crippen LogP) is 1.91. The van der Waals surface area contributed by atoms with Crippen molar-refractivity contribution in [1.29, 1.82) is 0 Å². The average Bonchev–Trinajstić information content (AvgIpc) is 3.11. The molecular weight excluding hydrogens is 328 g/mol. The Hall–Kier alpha value is -1.83. The molecule has 124 valence electrons. The van der Waals surface area contributed by atoms with E-state index in [-0.39, 0.29) is 28.4 Å². The molecular formula is C17H16N2O4S. The maximum atomic E-state index is 11.5. The van der Waals surface area contributed by atoms with Gasteiger partial charge in [0.15, 0.2) is 11.9 Å². The summed E-state index contributed by atoms with van der Waals surface area (Å²) in [6.45, 7) is 2.54. The lowest BCUT2D eigenvalue weighted by Gasteiger charge is -2.41. The van der Waals surface area contributed by atoms with Gasteiger partial charge in [0.05, 0.1) is 11.9 Å². The highest BCUT2D eigenvalue weighted by Crippen LogP contribution is 2.53. The number of aromatic nitrogens is 2. The molecule has 2 saturated heterocycles. The second kappa shape index (κ2) is 5.08. The van der Waals surface area contributed by atoms with Crippen molar-refractivity contribution in [3.63, 3.8) is 0 Å². The molecule has 1 unspecified atom stereocenters. The van der Waals surface area contributed by atoms with Gasteiger partial charge >= 0.3 is 6.01 Å². The van der Waals surface area contributed by atoms with Gasteiger partial charge in [-0.15, -0.1) is 11.8 Å². The minimum atomic E-state index is -0.794. The van der Waals surface area contributed by atoms with Gasteiger partial charge < -0.3 is 14.2 Å². The Balaban J connectivity index is 1.46. The van der Waals surface area contributed by atoms with E-state index in [9.17, 15) is 4.79 Å². The number of ether oxygens (including phenoxy) is 3. The first-order valence-electron chi connectivity index (χ1n) is 7.93. The van der Waals surface area contributed by atoms with Gasteiger partial charge in [-0.1, -0.05) is 30.3 Å². The highest BCUT2D eigenvalue weighted by atomic mass is 32.2. The van der Waals surface area contributed by atoms with E-state index in [1.165, 1.54) is 6.07 Å². The van der Waals surface area contributed by atoms with Gasteiger partial charge in [-0.05, 0) is 6.92 Å². The molecule has 0 N–H and O–H groups in total. The summed E-state index contributed by atoms with van der Waals surface area (Å²) in [5, 5.41) is 0.259. The molecule has 2 aromatic rings. The van der Waals surface area contributed by atoms with Gasteiger partial charge in [-0.2, -0.15) is 4.98 Å². The van der Waals surface area contributed by atoms with Crippen LogP contribution in [0.2, 0.25) is 0 Å². The lowest BCUT2D eigenvalue weighted by molar-refractivity contribution is -0.298. The molecule has 5 atom stereocenters. The fourth-order valence-corrected chi connectivity index (χ4v) is 5.09. The van der Waals surface area contributed by atoms with Gasteiger partial charge in [0.2, 0.25) is 0 Å². The van der Waals surface area contributed by atoms with Gasteiger partial charge in [0.1, 0.15) is 11.5 Å². The van der Waals surface area contributed by atoms with Crippen LogP contribution in [0.1, 0.15) is 17.9 Å². The first kappa shape index (κ1) is 14.5. The van der Waals surface area contributed by atoms with Crippen LogP contribution in [0.25, 0.3) is 0 Å². The summed E-state index contributed by atoms with van der Waals surface area (Å²) in [6, 6.07) is 11.8. The van der Waals surface area contributed by atoms with Crippen LogP contribution in [-0.2, 0) is 15.3 Å². The molecule has 3 aliphatic rings. The first-order chi connectivity index (χ1) is 11.6. The molecule has 6 nitrogen and oxygen atoms in total. The number of hydrogen-bond acceptors (Lipinski definition) is 6. The average molecular weight is 344 g/mol. The molecule has 3 aliphatic heterocycles. The van der Waals surface area contributed by atoms with E-state index in [1.807, 2.05) is 41.8 Å². The fraction of sp³-hybridized carbons (Fsp3) is 0.412. The van der Waals surface area contributed by atoms with E-state index in [1.54, 1.807) is 18.0 Å². The van der Waals surface area contributed by atoms with Crippen molar-refractivity contribution in [3.8, 4) is 6.01 Å². The molecule has 5 rings (SSSR count). The first-order valence-corrected chi connectivity index (χ1v) is 8.87. The highest BCUT2D eigenvalue weighted by Gasteiger charge is 2.56. The molecule has 0 aliphatic carbocycles. The molecule has 0 radical (unpaired) electrons. The molecule has 2 fully saturated rings. The van der Waals surface area contributed by atoms with E-state index < -0.39 is 5.79 Å². The van der Waals surface area contributed by atoms with Crippen LogP contribution in [0.5, 0.6) is 6.01 Å². The van der Waals surface area contributed by atoms with Crippen LogP contribution >= 0.6 is 11.8 Å². The van der Waals surface area contributed by atoms with Crippen molar-refractivity contribution in [1.82, 2.24) is 9.55 Å². The molecule has 7 heteroatoms. The molecule has 24 heavy (non-hydrogen) atoms. The monoisotopic (exact) mass is 344 g/mol. The summed E-state index contributed by atoms with van der Waals surface area (Å²) in [5.41, 5.74) is 0.699. The van der Waals surface area contributed by atoms with Crippen molar-refractivity contribution >= 4 is 11.8 Å². The van der Waals surface area contributed by atoms with E-state index in [4.69, 9.17) is 14.2 Å². The minimum Gasteiger partial charge on any atom is -0.455 e. The zero-order chi connectivity index (χ0) is 16.3. The van der Waals surface area contributed by atoms with Crippen LogP contribution in [0.3, 0.4) is 0 Å². The number of fused-ring (bicyclic) bond motifs is 5. The normalized spacial score (nSPS) is 36.5. The second-order valence-electron chi connectivity index (χ2n) is 6.31. The Kier molecular flexibility index (Phi) is 3.07. The Morgan fingerprint density at radius 3 is 2.92 bits per heavy atom. The van der Waals surface area contributed by atoms with Crippen LogP contribution in [-0.4, -0.2) is 33.6 Å². The SMILES string of the molecule is CC1(c2ccccc2)OC[C@@H]2S[C@H]3[C@@H](Oc4nc(=O)ccn43)[C@@H]2O1. The van der Waals surface area contributed by atoms with E-state index >= 15 is 0 Å². The summed E-state index contributed by atoms with van der Waals surface area (Å²) in [4.78, 5) is 15.4. The number of benzene rings is 1. The summed E-state index contributed by atoms with van der Waals surface area (Å²) in [7, 11) is 0. The Morgan fingerprint density at radius 1 is 1.25 bits per heavy atom. The van der Waals surface area contributed by atoms with Crippen molar-refractivity contribution in [2.45, 2.75) is 35.5 Å². The minimum absolute atomic E-state index is 0.0600. The van der Waals surface area contributed by atoms with Gasteiger partial charge in [-0.3, -0.25) is 9.36 Å². The lowest BCUT2D eigenvalue weighted by Crippen LogP contribution is -2.50. The zero-order valence-electron chi connectivity index (χ0n) is 13.0. The number of hydrogen-bond donors (Lipinski definition) is 0. The van der Waals surface area contributed by atoms with Crippen molar-refractivity contribution < 1.29 is 14.2 Å². The smallest absolute Gasteiger partial charge is 0.301 e. The molecule has 0 amide bonds. The van der Waals surface area contributed by atoms with Gasteiger partial charge in [-0.25, -0.2) is 0 Å². The lowest BCUT2D eigenvalue weighted by atomic mass is 10.0. The maximum absolute atomic E-state index is 11.5.